The molecule has 30 heavy (non-hydrogen) atoms. The lowest BCUT2D eigenvalue weighted by Gasteiger charge is -2.20. The van der Waals surface area contributed by atoms with Crippen molar-refractivity contribution < 1.29 is 19.1 Å². The van der Waals surface area contributed by atoms with E-state index in [2.05, 4.69) is 5.32 Å². The number of methoxy groups -OCH3 is 1. The molecule has 2 aromatic rings. The second kappa shape index (κ2) is 11.2. The Kier molecular flexibility index (Phi) is 8.12. The van der Waals surface area contributed by atoms with Gasteiger partial charge in [-0.05, 0) is 49.1 Å². The predicted octanol–water partition coefficient (Wildman–Crippen LogP) is 3.45. The van der Waals surface area contributed by atoms with Crippen LogP contribution >= 0.6 is 0 Å². The van der Waals surface area contributed by atoms with Crippen LogP contribution in [0.1, 0.15) is 41.6 Å². The van der Waals surface area contributed by atoms with Gasteiger partial charge in [0, 0.05) is 19.6 Å². The number of carbonyl (C=O) groups excluding carboxylic acids is 2. The van der Waals surface area contributed by atoms with Crippen molar-refractivity contribution in [2.75, 3.05) is 33.4 Å². The zero-order valence-electron chi connectivity index (χ0n) is 17.6. The van der Waals surface area contributed by atoms with Crippen LogP contribution in [0, 0.1) is 0 Å². The van der Waals surface area contributed by atoms with Crippen molar-refractivity contribution >= 4 is 11.8 Å². The van der Waals surface area contributed by atoms with Crippen LogP contribution in [0.15, 0.2) is 48.5 Å². The maximum absolute atomic E-state index is 12.6. The van der Waals surface area contributed by atoms with Gasteiger partial charge >= 0.3 is 0 Å². The first-order valence-electron chi connectivity index (χ1n) is 10.6. The fraction of sp³-hybridized carbons (Fsp3) is 0.417. The first-order chi connectivity index (χ1) is 14.7. The van der Waals surface area contributed by atoms with Gasteiger partial charge in [-0.25, -0.2) is 0 Å². The Morgan fingerprint density at radius 1 is 0.967 bits per heavy atom. The molecule has 2 amide bonds. The molecule has 6 nitrogen and oxygen atoms in total. The van der Waals surface area contributed by atoms with E-state index in [-0.39, 0.29) is 18.4 Å². The van der Waals surface area contributed by atoms with E-state index in [0.29, 0.717) is 24.3 Å². The lowest BCUT2D eigenvalue weighted by atomic mass is 10.1. The number of hydrogen-bond acceptors (Lipinski definition) is 4. The Labute approximate surface area is 178 Å². The number of nitrogens with one attached hydrogen (secondary N) is 1. The van der Waals surface area contributed by atoms with Crippen LogP contribution in [0.3, 0.4) is 0 Å². The number of rotatable bonds is 8. The molecule has 0 atom stereocenters. The van der Waals surface area contributed by atoms with E-state index >= 15 is 0 Å². The molecule has 1 N–H and O–H groups in total. The summed E-state index contributed by atoms with van der Waals surface area (Å²) in [6, 6.07) is 14.8. The van der Waals surface area contributed by atoms with Gasteiger partial charge in [-0.15, -0.1) is 0 Å². The van der Waals surface area contributed by atoms with Crippen LogP contribution < -0.4 is 14.8 Å². The van der Waals surface area contributed by atoms with Crippen molar-refractivity contribution in [2.45, 2.75) is 32.1 Å². The zero-order chi connectivity index (χ0) is 21.2. The normalized spacial score (nSPS) is 14.0. The minimum absolute atomic E-state index is 0.0217. The molecule has 6 heteroatoms. The number of benzene rings is 2. The van der Waals surface area contributed by atoms with Crippen molar-refractivity contribution in [2.24, 2.45) is 0 Å². The SMILES string of the molecule is COc1ccc(CCNC(=O)c2ccccc2OCC(=O)N2CCCCCC2)cc1. The van der Waals surface area contributed by atoms with Crippen LogP contribution in [0.25, 0.3) is 0 Å². The van der Waals surface area contributed by atoms with Gasteiger partial charge in [0.25, 0.3) is 11.8 Å². The quantitative estimate of drug-likeness (QED) is 0.724. The number of nitrogens with zero attached hydrogens (tertiary/aromatic N) is 1. The smallest absolute Gasteiger partial charge is 0.260 e. The lowest BCUT2D eigenvalue weighted by molar-refractivity contribution is -0.133. The molecule has 2 aromatic carbocycles. The summed E-state index contributed by atoms with van der Waals surface area (Å²) in [5.74, 6) is 1.01. The summed E-state index contributed by atoms with van der Waals surface area (Å²) in [6.07, 6.45) is 5.14. The topological polar surface area (TPSA) is 67.9 Å². The van der Waals surface area contributed by atoms with Gasteiger partial charge in [-0.2, -0.15) is 0 Å². The molecule has 1 aliphatic rings. The van der Waals surface area contributed by atoms with Gasteiger partial charge in [0.05, 0.1) is 12.7 Å². The first-order valence-corrected chi connectivity index (χ1v) is 10.6. The molecule has 1 saturated heterocycles. The zero-order valence-corrected chi connectivity index (χ0v) is 17.6. The second-order valence-electron chi connectivity index (χ2n) is 7.43. The van der Waals surface area contributed by atoms with Gasteiger partial charge in [-0.1, -0.05) is 37.1 Å². The maximum Gasteiger partial charge on any atom is 0.260 e. The Hall–Kier alpha value is -3.02. The van der Waals surface area contributed by atoms with Crippen molar-refractivity contribution in [1.29, 1.82) is 0 Å². The molecule has 0 bridgehead atoms. The van der Waals surface area contributed by atoms with E-state index in [1.54, 1.807) is 31.4 Å². The third-order valence-corrected chi connectivity index (χ3v) is 5.30. The summed E-state index contributed by atoms with van der Waals surface area (Å²) in [5, 5.41) is 2.93. The summed E-state index contributed by atoms with van der Waals surface area (Å²) in [5.41, 5.74) is 1.56. The van der Waals surface area contributed by atoms with Crippen molar-refractivity contribution in [3.63, 3.8) is 0 Å². The number of ether oxygens (including phenoxy) is 2. The van der Waals surface area contributed by atoms with Gasteiger partial charge < -0.3 is 19.7 Å². The van der Waals surface area contributed by atoms with Crippen LogP contribution in [-0.4, -0.2) is 50.1 Å². The molecule has 3 rings (SSSR count). The average molecular weight is 411 g/mol. The monoisotopic (exact) mass is 410 g/mol. The highest BCUT2D eigenvalue weighted by Crippen LogP contribution is 2.19. The molecule has 1 aliphatic heterocycles. The molecule has 1 fully saturated rings. The molecule has 160 valence electrons. The van der Waals surface area contributed by atoms with Crippen molar-refractivity contribution in [3.05, 3.63) is 59.7 Å². The van der Waals surface area contributed by atoms with E-state index in [9.17, 15) is 9.59 Å². The number of amides is 2. The fourth-order valence-electron chi connectivity index (χ4n) is 3.54. The molecule has 0 aliphatic carbocycles. The molecule has 0 radical (unpaired) electrons. The molecule has 0 unspecified atom stereocenters. The van der Waals surface area contributed by atoms with E-state index in [0.717, 1.165) is 37.2 Å². The Bertz CT molecular complexity index is 827. The van der Waals surface area contributed by atoms with Gasteiger partial charge in [0.2, 0.25) is 0 Å². The van der Waals surface area contributed by atoms with Gasteiger partial charge in [0.1, 0.15) is 11.5 Å². The maximum atomic E-state index is 12.6. The average Bonchev–Trinajstić information content (AvgIpc) is 3.08. The molecule has 0 aromatic heterocycles. The number of para-hydroxylation sites is 1. The number of likely N-dealkylation sites (tertiary alicyclic amines) is 1. The van der Waals surface area contributed by atoms with Crippen LogP contribution in [0.2, 0.25) is 0 Å². The molecule has 0 spiro atoms. The number of carbonyl (C=O) groups is 2. The minimum Gasteiger partial charge on any atom is -0.497 e. The Morgan fingerprint density at radius 2 is 1.67 bits per heavy atom. The highest BCUT2D eigenvalue weighted by molar-refractivity contribution is 5.97. The van der Waals surface area contributed by atoms with Crippen molar-refractivity contribution in [3.8, 4) is 11.5 Å². The first kappa shape index (κ1) is 21.7. The van der Waals surface area contributed by atoms with Crippen molar-refractivity contribution in [1.82, 2.24) is 10.2 Å². The van der Waals surface area contributed by atoms with E-state index in [1.165, 1.54) is 12.8 Å². The Morgan fingerprint density at radius 3 is 2.37 bits per heavy atom. The second-order valence-corrected chi connectivity index (χ2v) is 7.43. The van der Waals surface area contributed by atoms with E-state index in [4.69, 9.17) is 9.47 Å². The number of hydrogen-bond donors (Lipinski definition) is 1. The van der Waals surface area contributed by atoms with Crippen LogP contribution in [0.4, 0.5) is 0 Å². The van der Waals surface area contributed by atoms with E-state index < -0.39 is 0 Å². The summed E-state index contributed by atoms with van der Waals surface area (Å²) < 4.78 is 10.9. The van der Waals surface area contributed by atoms with Gasteiger partial charge in [-0.3, -0.25) is 9.59 Å². The highest BCUT2D eigenvalue weighted by Gasteiger charge is 2.18. The largest absolute Gasteiger partial charge is 0.497 e. The summed E-state index contributed by atoms with van der Waals surface area (Å²) in [4.78, 5) is 27.0. The third-order valence-electron chi connectivity index (χ3n) is 5.30. The van der Waals surface area contributed by atoms with Gasteiger partial charge in [0.15, 0.2) is 6.61 Å². The standard InChI is InChI=1S/C24H30N2O4/c1-29-20-12-10-19(11-13-20)14-15-25-24(28)21-8-4-5-9-22(21)30-18-23(27)26-16-6-2-3-7-17-26/h4-5,8-13H,2-3,6-7,14-18H2,1H3,(H,25,28). The molecular formula is C24H30N2O4. The van der Waals surface area contributed by atoms with Crippen LogP contribution in [-0.2, 0) is 11.2 Å². The summed E-state index contributed by atoms with van der Waals surface area (Å²) in [6.45, 7) is 2.04. The summed E-state index contributed by atoms with van der Waals surface area (Å²) >= 11 is 0. The highest BCUT2D eigenvalue weighted by atomic mass is 16.5. The third kappa shape index (κ3) is 6.24. The summed E-state index contributed by atoms with van der Waals surface area (Å²) in [7, 11) is 1.64. The molecule has 1 heterocycles. The lowest BCUT2D eigenvalue weighted by Crippen LogP contribution is -2.35. The molecule has 0 saturated carbocycles. The van der Waals surface area contributed by atoms with E-state index in [1.807, 2.05) is 29.2 Å². The minimum atomic E-state index is -0.207. The Balaban J connectivity index is 1.51. The van der Waals surface area contributed by atoms with Crippen LogP contribution in [0.5, 0.6) is 11.5 Å². The predicted molar refractivity (Wildman–Crippen MR) is 116 cm³/mol. The molecular weight excluding hydrogens is 380 g/mol. The fourth-order valence-corrected chi connectivity index (χ4v) is 3.54.